The maximum atomic E-state index is 11.9. The fraction of sp³-hybridized carbons (Fsp3) is 0.733. The van der Waals surface area contributed by atoms with Gasteiger partial charge in [0.25, 0.3) is 0 Å². The van der Waals surface area contributed by atoms with Crippen molar-refractivity contribution in [2.75, 3.05) is 18.0 Å². The van der Waals surface area contributed by atoms with Crippen molar-refractivity contribution in [2.45, 2.75) is 46.3 Å². The first-order chi connectivity index (χ1) is 10.2. The number of rotatable bonds is 4. The van der Waals surface area contributed by atoms with Crippen molar-refractivity contribution >= 4 is 11.6 Å². The van der Waals surface area contributed by atoms with Crippen LogP contribution in [0.4, 0.5) is 5.69 Å². The van der Waals surface area contributed by atoms with Gasteiger partial charge in [-0.3, -0.25) is 14.9 Å². The Bertz CT molecular complexity index is 535. The highest BCUT2D eigenvalue weighted by molar-refractivity contribution is 5.79. The number of nitrogens with zero attached hydrogens (tertiary/aromatic N) is 3. The molecule has 0 unspecified atom stereocenters. The molecule has 1 aliphatic heterocycles. The van der Waals surface area contributed by atoms with E-state index in [1.54, 1.807) is 13.8 Å². The largest absolute Gasteiger partial charge is 0.389 e. The molecule has 0 bridgehead atoms. The zero-order chi connectivity index (χ0) is 16.5. The van der Waals surface area contributed by atoms with Gasteiger partial charge in [0.05, 0.1) is 35.6 Å². The van der Waals surface area contributed by atoms with Crippen LogP contribution in [0.3, 0.4) is 0 Å². The Morgan fingerprint density at radius 1 is 1.55 bits per heavy atom. The number of aromatic nitrogens is 2. The van der Waals surface area contributed by atoms with E-state index in [2.05, 4.69) is 22.3 Å². The standard InChI is InChI=1S/C15H27N5O2/c1-10-5-12(14(21)18-16)8-19(7-10)13-6-17-20(11(13)2)9-15(3,4)22/h6,10,12,22H,5,7-9,16H2,1-4H3,(H,18,21)/t10-,12+/m1/s1. The van der Waals surface area contributed by atoms with Crippen molar-refractivity contribution in [3.8, 4) is 0 Å². The second-order valence-electron chi connectivity index (χ2n) is 7.04. The molecule has 1 aromatic rings. The number of piperidine rings is 1. The number of nitrogens with two attached hydrogens (primary N) is 1. The average molecular weight is 309 g/mol. The number of anilines is 1. The summed E-state index contributed by atoms with van der Waals surface area (Å²) >= 11 is 0. The van der Waals surface area contributed by atoms with Crippen LogP contribution < -0.4 is 16.2 Å². The minimum atomic E-state index is -0.814. The summed E-state index contributed by atoms with van der Waals surface area (Å²) in [6.07, 6.45) is 2.66. The van der Waals surface area contributed by atoms with Gasteiger partial charge in [0.15, 0.2) is 0 Å². The smallest absolute Gasteiger partial charge is 0.238 e. The monoisotopic (exact) mass is 309 g/mol. The highest BCUT2D eigenvalue weighted by Crippen LogP contribution is 2.29. The molecule has 0 aromatic carbocycles. The number of carbonyl (C=O) groups excluding carboxylic acids is 1. The molecule has 0 spiro atoms. The summed E-state index contributed by atoms with van der Waals surface area (Å²) in [6.45, 7) is 9.63. The van der Waals surface area contributed by atoms with Crippen molar-refractivity contribution in [3.63, 3.8) is 0 Å². The number of aliphatic hydroxyl groups is 1. The lowest BCUT2D eigenvalue weighted by molar-refractivity contribution is -0.125. The van der Waals surface area contributed by atoms with Gasteiger partial charge in [-0.2, -0.15) is 5.10 Å². The molecule has 1 amide bonds. The molecule has 7 nitrogen and oxygen atoms in total. The van der Waals surface area contributed by atoms with Gasteiger partial charge in [-0.15, -0.1) is 0 Å². The van der Waals surface area contributed by atoms with Gasteiger partial charge in [-0.25, -0.2) is 5.84 Å². The highest BCUT2D eigenvalue weighted by atomic mass is 16.3. The van der Waals surface area contributed by atoms with E-state index in [9.17, 15) is 9.90 Å². The summed E-state index contributed by atoms with van der Waals surface area (Å²) in [5, 5.41) is 14.3. The number of hydrogen-bond donors (Lipinski definition) is 3. The molecular formula is C15H27N5O2. The fourth-order valence-corrected chi connectivity index (χ4v) is 3.13. The molecule has 4 N–H and O–H groups in total. The van der Waals surface area contributed by atoms with Crippen LogP contribution in [-0.2, 0) is 11.3 Å². The number of hydrazine groups is 1. The third-order valence-corrected chi connectivity index (χ3v) is 4.13. The van der Waals surface area contributed by atoms with E-state index in [1.807, 2.05) is 17.8 Å². The number of amides is 1. The van der Waals surface area contributed by atoms with Crippen LogP contribution in [-0.4, -0.2) is 39.5 Å². The van der Waals surface area contributed by atoms with Crippen LogP contribution >= 0.6 is 0 Å². The molecular weight excluding hydrogens is 282 g/mol. The predicted octanol–water partition coefficient (Wildman–Crippen LogP) is 0.415. The summed E-state index contributed by atoms with van der Waals surface area (Å²) in [5.41, 5.74) is 3.47. The molecule has 1 aromatic heterocycles. The molecule has 1 aliphatic rings. The van der Waals surface area contributed by atoms with Crippen LogP contribution in [0.1, 0.15) is 32.9 Å². The van der Waals surface area contributed by atoms with Crippen LogP contribution in [0, 0.1) is 18.8 Å². The lowest BCUT2D eigenvalue weighted by Crippen LogP contribution is -2.47. The normalized spacial score (nSPS) is 22.7. The van der Waals surface area contributed by atoms with E-state index < -0.39 is 5.60 Å². The Morgan fingerprint density at radius 3 is 2.82 bits per heavy atom. The molecule has 22 heavy (non-hydrogen) atoms. The van der Waals surface area contributed by atoms with Crippen molar-refractivity contribution in [2.24, 2.45) is 17.7 Å². The zero-order valence-corrected chi connectivity index (χ0v) is 13.8. The van der Waals surface area contributed by atoms with Crippen molar-refractivity contribution in [3.05, 3.63) is 11.9 Å². The summed E-state index contributed by atoms with van der Waals surface area (Å²) in [6, 6.07) is 0. The molecule has 2 rings (SSSR count). The first kappa shape index (κ1) is 16.8. The van der Waals surface area contributed by atoms with Crippen LogP contribution in [0.25, 0.3) is 0 Å². The molecule has 7 heteroatoms. The van der Waals surface area contributed by atoms with Gasteiger partial charge in [0.2, 0.25) is 5.91 Å². The SMILES string of the molecule is Cc1c(N2C[C@H](C)C[C@H](C(=O)NN)C2)cnn1CC(C)(C)O. The average Bonchev–Trinajstić information content (AvgIpc) is 2.76. The van der Waals surface area contributed by atoms with Crippen LogP contribution in [0.2, 0.25) is 0 Å². The third-order valence-electron chi connectivity index (χ3n) is 4.13. The fourth-order valence-electron chi connectivity index (χ4n) is 3.13. The quantitative estimate of drug-likeness (QED) is 0.425. The van der Waals surface area contributed by atoms with Crippen molar-refractivity contribution < 1.29 is 9.90 Å². The Kier molecular flexibility index (Phi) is 4.77. The van der Waals surface area contributed by atoms with Gasteiger partial charge < -0.3 is 10.0 Å². The molecule has 2 atom stereocenters. The maximum absolute atomic E-state index is 11.9. The summed E-state index contributed by atoms with van der Waals surface area (Å²) in [7, 11) is 0. The first-order valence-corrected chi connectivity index (χ1v) is 7.71. The Hall–Kier alpha value is -1.60. The van der Waals surface area contributed by atoms with E-state index in [0.29, 0.717) is 19.0 Å². The van der Waals surface area contributed by atoms with E-state index in [-0.39, 0.29) is 11.8 Å². The van der Waals surface area contributed by atoms with Gasteiger partial charge in [0.1, 0.15) is 0 Å². The van der Waals surface area contributed by atoms with Crippen molar-refractivity contribution in [1.82, 2.24) is 15.2 Å². The van der Waals surface area contributed by atoms with E-state index in [1.165, 1.54) is 0 Å². The molecule has 124 valence electrons. The van der Waals surface area contributed by atoms with Crippen LogP contribution in [0.15, 0.2) is 6.20 Å². The van der Waals surface area contributed by atoms with Gasteiger partial charge in [-0.05, 0) is 33.1 Å². The molecule has 2 heterocycles. The van der Waals surface area contributed by atoms with Crippen molar-refractivity contribution in [1.29, 1.82) is 0 Å². The second kappa shape index (κ2) is 6.26. The first-order valence-electron chi connectivity index (χ1n) is 7.71. The maximum Gasteiger partial charge on any atom is 0.238 e. The Morgan fingerprint density at radius 2 is 2.23 bits per heavy atom. The molecule has 0 radical (unpaired) electrons. The molecule has 0 aliphatic carbocycles. The third kappa shape index (κ3) is 3.78. The topological polar surface area (TPSA) is 96.4 Å². The number of carbonyl (C=O) groups is 1. The van der Waals surface area contributed by atoms with E-state index >= 15 is 0 Å². The Labute approximate surface area is 131 Å². The summed E-state index contributed by atoms with van der Waals surface area (Å²) in [4.78, 5) is 14.0. The number of nitrogens with one attached hydrogen (secondary N) is 1. The van der Waals surface area contributed by atoms with Gasteiger partial charge in [-0.1, -0.05) is 6.92 Å². The minimum Gasteiger partial charge on any atom is -0.389 e. The number of hydrogen-bond acceptors (Lipinski definition) is 5. The van der Waals surface area contributed by atoms with Gasteiger partial charge >= 0.3 is 0 Å². The highest BCUT2D eigenvalue weighted by Gasteiger charge is 2.31. The summed E-state index contributed by atoms with van der Waals surface area (Å²) < 4.78 is 1.81. The molecule has 0 saturated carbocycles. The molecule has 1 saturated heterocycles. The van der Waals surface area contributed by atoms with E-state index in [0.717, 1.165) is 24.3 Å². The minimum absolute atomic E-state index is 0.106. The lowest BCUT2D eigenvalue weighted by atomic mass is 9.89. The van der Waals surface area contributed by atoms with Gasteiger partial charge in [0, 0.05) is 13.1 Å². The summed E-state index contributed by atoms with van der Waals surface area (Å²) in [5.74, 6) is 5.47. The lowest BCUT2D eigenvalue weighted by Gasteiger charge is -2.36. The predicted molar refractivity (Wildman–Crippen MR) is 85.1 cm³/mol. The second-order valence-corrected chi connectivity index (χ2v) is 7.04. The molecule has 1 fully saturated rings. The Balaban J connectivity index is 2.18. The van der Waals surface area contributed by atoms with Crippen LogP contribution in [0.5, 0.6) is 0 Å². The van der Waals surface area contributed by atoms with E-state index in [4.69, 9.17) is 5.84 Å². The zero-order valence-electron chi connectivity index (χ0n) is 13.8.